The second-order valence-corrected chi connectivity index (χ2v) is 5.46. The minimum Gasteiger partial charge on any atom is -0.497 e. The Morgan fingerprint density at radius 1 is 1.00 bits per heavy atom. The minimum absolute atomic E-state index is 0.346. The number of hydrogen-bond donors (Lipinski definition) is 0. The number of alkyl halides is 1. The molecule has 0 amide bonds. The van der Waals surface area contributed by atoms with Crippen molar-refractivity contribution in [2.24, 2.45) is 5.92 Å². The number of ether oxygens (including phenoxy) is 2. The fourth-order valence-electron chi connectivity index (χ4n) is 2.11. The van der Waals surface area contributed by atoms with E-state index in [2.05, 4.69) is 0 Å². The van der Waals surface area contributed by atoms with Gasteiger partial charge in [-0.1, -0.05) is 44.5 Å². The first kappa shape index (κ1) is 17.0. The summed E-state index contributed by atoms with van der Waals surface area (Å²) >= 11 is 0. The number of methoxy groups -OCH3 is 1. The van der Waals surface area contributed by atoms with Gasteiger partial charge in [0.2, 0.25) is 0 Å². The number of carbonyl (C=O) groups excluding carboxylic acids is 1. The van der Waals surface area contributed by atoms with Crippen molar-refractivity contribution in [3.63, 3.8) is 0 Å². The number of hydrogen-bond acceptors (Lipinski definition) is 3. The summed E-state index contributed by atoms with van der Waals surface area (Å²) in [5, 5.41) is 0. The number of rotatable bonds is 6. The molecule has 2 rings (SSSR count). The Morgan fingerprint density at radius 3 is 1.91 bits per heavy atom. The number of carbonyl (C=O) groups is 1. The van der Waals surface area contributed by atoms with E-state index in [1.165, 1.54) is 0 Å². The highest BCUT2D eigenvalue weighted by Gasteiger charge is 2.25. The van der Waals surface area contributed by atoms with Crippen LogP contribution in [0.25, 0.3) is 11.1 Å². The molecule has 4 heteroatoms. The maximum atomic E-state index is 13.8. The van der Waals surface area contributed by atoms with E-state index in [0.29, 0.717) is 12.2 Å². The average Bonchev–Trinajstić information content (AvgIpc) is 2.61. The lowest BCUT2D eigenvalue weighted by Gasteiger charge is -2.13. The van der Waals surface area contributed by atoms with Gasteiger partial charge < -0.3 is 9.47 Å². The van der Waals surface area contributed by atoms with Gasteiger partial charge in [0.15, 0.2) is 6.17 Å². The van der Waals surface area contributed by atoms with Crippen LogP contribution in [0, 0.1) is 5.92 Å². The topological polar surface area (TPSA) is 35.5 Å². The molecule has 0 aliphatic heterocycles. The fraction of sp³-hybridized carbons (Fsp3) is 0.316. The van der Waals surface area contributed by atoms with E-state index in [-0.39, 0.29) is 5.92 Å². The van der Waals surface area contributed by atoms with E-state index in [9.17, 15) is 9.18 Å². The van der Waals surface area contributed by atoms with Gasteiger partial charge in [0.25, 0.3) is 0 Å². The van der Waals surface area contributed by atoms with Crippen LogP contribution in [0.15, 0.2) is 48.5 Å². The number of benzene rings is 2. The first-order chi connectivity index (χ1) is 11.0. The molecule has 0 aliphatic rings. The third-order valence-electron chi connectivity index (χ3n) is 3.86. The highest BCUT2D eigenvalue weighted by atomic mass is 19.1. The molecule has 0 aromatic heterocycles. The molecular formula is C19H21FO3. The van der Waals surface area contributed by atoms with Gasteiger partial charge in [0.05, 0.1) is 7.11 Å². The normalized spacial score (nSPS) is 13.2. The van der Waals surface area contributed by atoms with E-state index in [1.54, 1.807) is 26.2 Å². The van der Waals surface area contributed by atoms with Crippen molar-refractivity contribution >= 4 is 5.97 Å². The predicted octanol–water partition coefficient (Wildman–Crippen LogP) is 4.65. The van der Waals surface area contributed by atoms with Crippen molar-refractivity contribution < 1.29 is 18.7 Å². The van der Waals surface area contributed by atoms with Gasteiger partial charge in [-0.2, -0.15) is 0 Å². The summed E-state index contributed by atoms with van der Waals surface area (Å²) in [5.74, 6) is -0.0471. The molecule has 2 aromatic carbocycles. The molecule has 3 nitrogen and oxygen atoms in total. The van der Waals surface area contributed by atoms with Crippen molar-refractivity contribution in [1.82, 2.24) is 0 Å². The molecule has 23 heavy (non-hydrogen) atoms. The molecule has 0 bridgehead atoms. The van der Waals surface area contributed by atoms with Crippen LogP contribution in [0.5, 0.6) is 11.5 Å². The smallest absolute Gasteiger partial charge is 0.346 e. The largest absolute Gasteiger partial charge is 0.497 e. The summed E-state index contributed by atoms with van der Waals surface area (Å²) in [6.45, 7) is 3.53. The number of halogens is 1. The molecule has 0 N–H and O–H groups in total. The molecule has 122 valence electrons. The molecule has 2 atom stereocenters. The van der Waals surface area contributed by atoms with Crippen LogP contribution >= 0.6 is 0 Å². The third kappa shape index (κ3) is 4.31. The summed E-state index contributed by atoms with van der Waals surface area (Å²) in [6, 6.07) is 14.6. The van der Waals surface area contributed by atoms with Crippen molar-refractivity contribution in [3.05, 3.63) is 48.5 Å². The van der Waals surface area contributed by atoms with Crippen LogP contribution in [-0.2, 0) is 4.79 Å². The molecule has 0 saturated heterocycles. The van der Waals surface area contributed by atoms with E-state index in [4.69, 9.17) is 9.47 Å². The van der Waals surface area contributed by atoms with Crippen LogP contribution in [-0.4, -0.2) is 19.3 Å². The Balaban J connectivity index is 2.05. The lowest BCUT2D eigenvalue weighted by atomic mass is 10.0. The minimum atomic E-state index is -1.60. The summed E-state index contributed by atoms with van der Waals surface area (Å²) in [7, 11) is 1.62. The van der Waals surface area contributed by atoms with E-state index in [1.807, 2.05) is 43.3 Å². The summed E-state index contributed by atoms with van der Waals surface area (Å²) < 4.78 is 24.0. The lowest BCUT2D eigenvalue weighted by Crippen LogP contribution is -2.27. The third-order valence-corrected chi connectivity index (χ3v) is 3.86. The van der Waals surface area contributed by atoms with Crippen molar-refractivity contribution in [1.29, 1.82) is 0 Å². The van der Waals surface area contributed by atoms with Crippen LogP contribution < -0.4 is 9.47 Å². The molecule has 0 fully saturated rings. The molecule has 2 unspecified atom stereocenters. The molecule has 0 radical (unpaired) electrons. The Kier molecular flexibility index (Phi) is 5.74. The lowest BCUT2D eigenvalue weighted by molar-refractivity contribution is -0.141. The molecule has 0 spiro atoms. The Hall–Kier alpha value is -2.36. The van der Waals surface area contributed by atoms with Gasteiger partial charge in [-0.15, -0.1) is 0 Å². The Labute approximate surface area is 136 Å². The van der Waals surface area contributed by atoms with E-state index in [0.717, 1.165) is 16.9 Å². The van der Waals surface area contributed by atoms with Crippen molar-refractivity contribution in [2.45, 2.75) is 26.4 Å². The Morgan fingerprint density at radius 2 is 1.48 bits per heavy atom. The average molecular weight is 316 g/mol. The zero-order valence-electron chi connectivity index (χ0n) is 13.6. The highest BCUT2D eigenvalue weighted by Crippen LogP contribution is 2.25. The second-order valence-electron chi connectivity index (χ2n) is 5.46. The fourth-order valence-corrected chi connectivity index (χ4v) is 2.11. The van der Waals surface area contributed by atoms with E-state index >= 15 is 0 Å². The van der Waals surface area contributed by atoms with Crippen molar-refractivity contribution in [3.8, 4) is 22.6 Å². The maximum absolute atomic E-state index is 13.8. The van der Waals surface area contributed by atoms with Crippen LogP contribution in [0.3, 0.4) is 0 Å². The molecule has 0 saturated carbocycles. The molecule has 2 aromatic rings. The Bertz CT molecular complexity index is 635. The standard InChI is InChI=1S/C19H21FO3/c1-4-13(2)18(20)19(21)23-17-11-7-15(8-12-17)14-5-9-16(22-3)10-6-14/h5-13,18H,4H2,1-3H3. The van der Waals surface area contributed by atoms with Gasteiger partial charge in [-0.3, -0.25) is 0 Å². The van der Waals surface area contributed by atoms with Gasteiger partial charge in [0.1, 0.15) is 11.5 Å². The maximum Gasteiger partial charge on any atom is 0.346 e. The van der Waals surface area contributed by atoms with Gasteiger partial charge in [-0.25, -0.2) is 9.18 Å². The summed E-state index contributed by atoms with van der Waals surface area (Å²) in [5.41, 5.74) is 2.00. The highest BCUT2D eigenvalue weighted by molar-refractivity contribution is 5.77. The molecule has 0 aliphatic carbocycles. The second kappa shape index (κ2) is 7.77. The van der Waals surface area contributed by atoms with Crippen LogP contribution in [0.1, 0.15) is 20.3 Å². The molecular weight excluding hydrogens is 295 g/mol. The van der Waals surface area contributed by atoms with Crippen LogP contribution in [0.2, 0.25) is 0 Å². The summed E-state index contributed by atoms with van der Waals surface area (Å²) in [4.78, 5) is 11.7. The van der Waals surface area contributed by atoms with Gasteiger partial charge in [0, 0.05) is 0 Å². The summed E-state index contributed by atoms with van der Waals surface area (Å²) in [6.07, 6.45) is -1.01. The quantitative estimate of drug-likeness (QED) is 0.575. The number of esters is 1. The monoisotopic (exact) mass is 316 g/mol. The first-order valence-corrected chi connectivity index (χ1v) is 7.65. The zero-order chi connectivity index (χ0) is 16.8. The SMILES string of the molecule is CCC(C)C(F)C(=O)Oc1ccc(-c2ccc(OC)cc2)cc1. The predicted molar refractivity (Wildman–Crippen MR) is 88.4 cm³/mol. The van der Waals surface area contributed by atoms with Gasteiger partial charge in [-0.05, 0) is 41.3 Å². The van der Waals surface area contributed by atoms with E-state index < -0.39 is 12.1 Å². The molecule has 0 heterocycles. The first-order valence-electron chi connectivity index (χ1n) is 7.65. The zero-order valence-corrected chi connectivity index (χ0v) is 13.6. The van der Waals surface area contributed by atoms with Crippen LogP contribution in [0.4, 0.5) is 4.39 Å². The van der Waals surface area contributed by atoms with Gasteiger partial charge >= 0.3 is 5.97 Å². The van der Waals surface area contributed by atoms with Crippen molar-refractivity contribution in [2.75, 3.05) is 7.11 Å².